The van der Waals surface area contributed by atoms with Crippen molar-refractivity contribution in [2.24, 2.45) is 11.8 Å². The minimum atomic E-state index is -0.0553. The van der Waals surface area contributed by atoms with Crippen molar-refractivity contribution in [2.45, 2.75) is 6.42 Å². The van der Waals surface area contributed by atoms with Crippen LogP contribution >= 0.6 is 0 Å². The fourth-order valence-corrected chi connectivity index (χ4v) is 2.14. The quantitative estimate of drug-likeness (QED) is 0.621. The monoisotopic (exact) mass is 243 g/mol. The zero-order chi connectivity index (χ0) is 12.1. The first kappa shape index (κ1) is 12.8. The van der Waals surface area contributed by atoms with Crippen LogP contribution in [0.1, 0.15) is 6.42 Å². The van der Waals surface area contributed by atoms with Crippen molar-refractivity contribution < 1.29 is 19.0 Å². The highest BCUT2D eigenvalue weighted by atomic mass is 16.5. The summed E-state index contributed by atoms with van der Waals surface area (Å²) in [5.74, 6) is 0.413. The summed E-state index contributed by atoms with van der Waals surface area (Å²) in [6.45, 7) is 5.43. The van der Waals surface area contributed by atoms with Gasteiger partial charge in [-0.05, 0) is 12.3 Å². The molecule has 0 aromatic carbocycles. The highest BCUT2D eigenvalue weighted by molar-refractivity contribution is 5.75. The molecule has 0 radical (unpaired) electrons. The van der Waals surface area contributed by atoms with E-state index in [4.69, 9.17) is 14.2 Å². The molecule has 2 aliphatic rings. The second-order valence-corrected chi connectivity index (χ2v) is 4.68. The molecule has 0 bridgehead atoms. The molecule has 0 aromatic rings. The van der Waals surface area contributed by atoms with Crippen molar-refractivity contribution in [3.05, 3.63) is 0 Å². The molecule has 0 unspecified atom stereocenters. The predicted molar refractivity (Wildman–Crippen MR) is 61.7 cm³/mol. The lowest BCUT2D eigenvalue weighted by atomic mass is 10.3. The van der Waals surface area contributed by atoms with E-state index in [1.807, 2.05) is 0 Å². The van der Waals surface area contributed by atoms with E-state index in [9.17, 15) is 4.79 Å². The van der Waals surface area contributed by atoms with Crippen LogP contribution in [0.25, 0.3) is 0 Å². The van der Waals surface area contributed by atoms with Crippen LogP contribution in [0.3, 0.4) is 0 Å². The highest BCUT2D eigenvalue weighted by Gasteiger charge is 2.44. The van der Waals surface area contributed by atoms with Crippen molar-refractivity contribution in [2.75, 3.05) is 53.2 Å². The molecule has 17 heavy (non-hydrogen) atoms. The average Bonchev–Trinajstić information content (AvgIpc) is 3.10. The Bertz CT molecular complexity index is 253. The molecule has 5 heteroatoms. The van der Waals surface area contributed by atoms with E-state index < -0.39 is 0 Å². The van der Waals surface area contributed by atoms with Gasteiger partial charge in [0.1, 0.15) is 6.61 Å². The molecule has 1 saturated heterocycles. The minimum Gasteiger partial charge on any atom is -0.464 e. The van der Waals surface area contributed by atoms with E-state index in [0.29, 0.717) is 19.1 Å². The number of methoxy groups -OCH3 is 1. The van der Waals surface area contributed by atoms with Crippen molar-refractivity contribution >= 4 is 5.97 Å². The maximum Gasteiger partial charge on any atom is 0.309 e. The molecular formula is C12H21NO4. The van der Waals surface area contributed by atoms with Crippen LogP contribution in [0.4, 0.5) is 0 Å². The second kappa shape index (κ2) is 6.33. The van der Waals surface area contributed by atoms with E-state index in [1.54, 1.807) is 7.11 Å². The van der Waals surface area contributed by atoms with Gasteiger partial charge in [-0.3, -0.25) is 9.69 Å². The largest absolute Gasteiger partial charge is 0.464 e. The zero-order valence-electron chi connectivity index (χ0n) is 10.4. The Morgan fingerprint density at radius 1 is 1.41 bits per heavy atom. The molecule has 1 saturated carbocycles. The molecule has 0 spiro atoms. The summed E-state index contributed by atoms with van der Waals surface area (Å²) in [5.41, 5.74) is 0. The molecule has 5 nitrogen and oxygen atoms in total. The second-order valence-electron chi connectivity index (χ2n) is 4.68. The van der Waals surface area contributed by atoms with Gasteiger partial charge < -0.3 is 14.2 Å². The van der Waals surface area contributed by atoms with E-state index in [2.05, 4.69) is 4.90 Å². The number of carbonyl (C=O) groups is 1. The van der Waals surface area contributed by atoms with E-state index in [1.165, 1.54) is 0 Å². The van der Waals surface area contributed by atoms with Gasteiger partial charge in [0, 0.05) is 33.4 Å². The maximum absolute atomic E-state index is 11.6. The molecule has 0 amide bonds. The number of ether oxygens (including phenoxy) is 3. The molecular weight excluding hydrogens is 222 g/mol. The third-order valence-electron chi connectivity index (χ3n) is 3.36. The molecule has 0 aromatic heterocycles. The van der Waals surface area contributed by atoms with Crippen molar-refractivity contribution in [3.63, 3.8) is 0 Å². The average molecular weight is 243 g/mol. The van der Waals surface area contributed by atoms with E-state index in [0.717, 1.165) is 39.3 Å². The van der Waals surface area contributed by atoms with E-state index >= 15 is 0 Å². The van der Waals surface area contributed by atoms with Gasteiger partial charge in [0.05, 0.1) is 19.1 Å². The number of hydrogen-bond acceptors (Lipinski definition) is 5. The molecule has 1 aliphatic carbocycles. The number of esters is 1. The van der Waals surface area contributed by atoms with Crippen LogP contribution in [-0.2, 0) is 19.0 Å². The molecule has 0 N–H and O–H groups in total. The summed E-state index contributed by atoms with van der Waals surface area (Å²) in [6, 6.07) is 0. The third-order valence-corrected chi connectivity index (χ3v) is 3.36. The summed E-state index contributed by atoms with van der Waals surface area (Å²) in [4.78, 5) is 13.9. The Balaban J connectivity index is 1.54. The van der Waals surface area contributed by atoms with Crippen molar-refractivity contribution in [3.8, 4) is 0 Å². The topological polar surface area (TPSA) is 48.0 Å². The lowest BCUT2D eigenvalue weighted by molar-refractivity contribution is -0.146. The minimum absolute atomic E-state index is 0.0553. The van der Waals surface area contributed by atoms with Crippen LogP contribution < -0.4 is 0 Å². The standard InChI is InChI=1S/C12H21NO4/c1-15-9-10-8-11(10)12(14)17-7-4-13-2-5-16-6-3-13/h10-11H,2-9H2,1H3/t10-,11+/m0/s1. The van der Waals surface area contributed by atoms with Gasteiger partial charge in [-0.25, -0.2) is 0 Å². The number of nitrogens with zero attached hydrogens (tertiary/aromatic N) is 1. The number of hydrogen-bond donors (Lipinski definition) is 0. The molecule has 2 atom stereocenters. The first-order chi connectivity index (χ1) is 8.31. The molecule has 2 fully saturated rings. The first-order valence-electron chi connectivity index (χ1n) is 6.27. The van der Waals surface area contributed by atoms with Crippen molar-refractivity contribution in [1.29, 1.82) is 0 Å². The molecule has 98 valence electrons. The Hall–Kier alpha value is -0.650. The molecule has 1 heterocycles. The fraction of sp³-hybridized carbons (Fsp3) is 0.917. The number of rotatable bonds is 6. The van der Waals surface area contributed by atoms with Crippen LogP contribution in [0, 0.1) is 11.8 Å². The lowest BCUT2D eigenvalue weighted by Crippen LogP contribution is -2.38. The summed E-state index contributed by atoms with van der Waals surface area (Å²) >= 11 is 0. The predicted octanol–water partition coefficient (Wildman–Crippen LogP) is 0.144. The first-order valence-corrected chi connectivity index (χ1v) is 6.27. The van der Waals surface area contributed by atoms with Crippen LogP contribution in [0.15, 0.2) is 0 Å². The highest BCUT2D eigenvalue weighted by Crippen LogP contribution is 2.39. The van der Waals surface area contributed by atoms with E-state index in [-0.39, 0.29) is 11.9 Å². The lowest BCUT2D eigenvalue weighted by Gasteiger charge is -2.26. The van der Waals surface area contributed by atoms with Crippen LogP contribution in [0.5, 0.6) is 0 Å². The third kappa shape index (κ3) is 3.94. The van der Waals surface area contributed by atoms with Crippen LogP contribution in [0.2, 0.25) is 0 Å². The normalized spacial score (nSPS) is 29.0. The Morgan fingerprint density at radius 2 is 2.18 bits per heavy atom. The van der Waals surface area contributed by atoms with Gasteiger partial charge in [0.25, 0.3) is 0 Å². The number of carbonyl (C=O) groups excluding carboxylic acids is 1. The maximum atomic E-state index is 11.6. The fourth-order valence-electron chi connectivity index (χ4n) is 2.14. The summed E-state index contributed by atoms with van der Waals surface area (Å²) in [7, 11) is 1.67. The van der Waals surface area contributed by atoms with Crippen LogP contribution in [-0.4, -0.2) is 64.0 Å². The van der Waals surface area contributed by atoms with Gasteiger partial charge in [-0.2, -0.15) is 0 Å². The Morgan fingerprint density at radius 3 is 2.88 bits per heavy atom. The Labute approximate surface area is 102 Å². The van der Waals surface area contributed by atoms with Gasteiger partial charge in [0.2, 0.25) is 0 Å². The molecule has 1 aliphatic heterocycles. The zero-order valence-corrected chi connectivity index (χ0v) is 10.4. The summed E-state index contributed by atoms with van der Waals surface area (Å²) in [6.07, 6.45) is 0.921. The van der Waals surface area contributed by atoms with Gasteiger partial charge >= 0.3 is 5.97 Å². The smallest absolute Gasteiger partial charge is 0.309 e. The summed E-state index contributed by atoms with van der Waals surface area (Å²) < 4.78 is 15.5. The SMILES string of the molecule is COC[C@@H]1C[C@H]1C(=O)OCCN1CCOCC1. The van der Waals surface area contributed by atoms with Gasteiger partial charge in [-0.1, -0.05) is 0 Å². The van der Waals surface area contributed by atoms with Gasteiger partial charge in [0.15, 0.2) is 0 Å². The van der Waals surface area contributed by atoms with Crippen molar-refractivity contribution in [1.82, 2.24) is 4.90 Å². The number of morpholine rings is 1. The molecule has 2 rings (SSSR count). The van der Waals surface area contributed by atoms with Gasteiger partial charge in [-0.15, -0.1) is 0 Å². The Kier molecular flexibility index (Phi) is 4.76. The summed E-state index contributed by atoms with van der Waals surface area (Å²) in [5, 5.41) is 0.